The lowest BCUT2D eigenvalue weighted by atomic mass is 10.1. The third-order valence-electron chi connectivity index (χ3n) is 9.28. The van der Waals surface area contributed by atoms with Crippen LogP contribution in [0.15, 0.2) is 79.1 Å². The summed E-state index contributed by atoms with van der Waals surface area (Å²) in [5.74, 6) is 4.20. The van der Waals surface area contributed by atoms with E-state index in [2.05, 4.69) is 33.1 Å². The van der Waals surface area contributed by atoms with Crippen molar-refractivity contribution in [3.05, 3.63) is 102 Å². The summed E-state index contributed by atoms with van der Waals surface area (Å²) in [4.78, 5) is 43.2. The summed E-state index contributed by atoms with van der Waals surface area (Å²) in [5.41, 5.74) is 4.00. The number of rotatable bonds is 13. The highest BCUT2D eigenvalue weighted by atomic mass is 16.6. The van der Waals surface area contributed by atoms with Crippen molar-refractivity contribution >= 4 is 23.5 Å². The van der Waals surface area contributed by atoms with Gasteiger partial charge in [0.2, 0.25) is 11.8 Å². The molecular formula is C42H51N9O5. The van der Waals surface area contributed by atoms with Crippen molar-refractivity contribution in [3.8, 4) is 28.8 Å². The number of hydrogen-bond donors (Lipinski definition) is 1. The van der Waals surface area contributed by atoms with E-state index in [1.807, 2.05) is 88.5 Å². The van der Waals surface area contributed by atoms with Crippen LogP contribution in [0.1, 0.15) is 50.2 Å². The first kappa shape index (κ1) is 39.7. The quantitative estimate of drug-likeness (QED) is 0.131. The number of methoxy groups -OCH3 is 3. The molecule has 1 amide bonds. The number of piperazine rings is 1. The van der Waals surface area contributed by atoms with Gasteiger partial charge in [-0.3, -0.25) is 4.90 Å². The van der Waals surface area contributed by atoms with Gasteiger partial charge in [-0.25, -0.2) is 19.7 Å². The minimum absolute atomic E-state index is 0.0957. The van der Waals surface area contributed by atoms with Crippen LogP contribution in [-0.4, -0.2) is 93.4 Å². The fraction of sp³-hybridized carbons (Fsp3) is 0.381. The van der Waals surface area contributed by atoms with Crippen LogP contribution in [0.4, 0.5) is 22.2 Å². The zero-order valence-electron chi connectivity index (χ0n) is 33.4. The molecule has 4 heterocycles. The monoisotopic (exact) mass is 761 g/mol. The molecule has 0 bridgehead atoms. The summed E-state index contributed by atoms with van der Waals surface area (Å²) in [6, 6.07) is 21.8. The van der Waals surface area contributed by atoms with Crippen molar-refractivity contribution in [1.29, 1.82) is 0 Å². The van der Waals surface area contributed by atoms with Crippen LogP contribution in [-0.2, 0) is 24.4 Å². The smallest absolute Gasteiger partial charge is 0.410 e. The highest BCUT2D eigenvalue weighted by Crippen LogP contribution is 2.31. The highest BCUT2D eigenvalue weighted by Gasteiger charge is 2.30. The van der Waals surface area contributed by atoms with Gasteiger partial charge in [-0.15, -0.1) is 0 Å². The number of anilines is 3. The molecule has 6 rings (SSSR count). The van der Waals surface area contributed by atoms with Crippen LogP contribution >= 0.6 is 0 Å². The lowest BCUT2D eigenvalue weighted by Gasteiger charge is -2.40. The Morgan fingerprint density at radius 3 is 2.04 bits per heavy atom. The molecular weight excluding hydrogens is 711 g/mol. The molecule has 1 atom stereocenters. The second-order valence-corrected chi connectivity index (χ2v) is 14.8. The molecule has 2 aromatic carbocycles. The number of carbonyl (C=O) groups excluding carboxylic acids is 1. The van der Waals surface area contributed by atoms with Gasteiger partial charge < -0.3 is 34.1 Å². The molecule has 1 saturated heterocycles. The molecule has 1 aliphatic rings. The molecule has 14 nitrogen and oxygen atoms in total. The third kappa shape index (κ3) is 10.4. The number of hydrogen-bond acceptors (Lipinski definition) is 13. The summed E-state index contributed by atoms with van der Waals surface area (Å²) < 4.78 is 21.7. The minimum atomic E-state index is -0.549. The molecule has 0 saturated carbocycles. The predicted octanol–water partition coefficient (Wildman–Crippen LogP) is 7.05. The highest BCUT2D eigenvalue weighted by molar-refractivity contribution is 5.75. The van der Waals surface area contributed by atoms with E-state index in [1.165, 1.54) is 0 Å². The van der Waals surface area contributed by atoms with E-state index in [0.29, 0.717) is 74.1 Å². The fourth-order valence-electron chi connectivity index (χ4n) is 6.36. The van der Waals surface area contributed by atoms with Crippen LogP contribution in [0, 0.1) is 6.92 Å². The summed E-state index contributed by atoms with van der Waals surface area (Å²) in [7, 11) is 4.90. The van der Waals surface area contributed by atoms with Crippen molar-refractivity contribution in [1.82, 2.24) is 34.7 Å². The Hall–Kier alpha value is -6.02. The third-order valence-corrected chi connectivity index (χ3v) is 9.28. The Bertz CT molecular complexity index is 2020. The van der Waals surface area contributed by atoms with Gasteiger partial charge in [0.15, 0.2) is 5.82 Å². The Balaban J connectivity index is 1.34. The first-order valence-electron chi connectivity index (χ1n) is 18.6. The number of benzene rings is 2. The van der Waals surface area contributed by atoms with Crippen LogP contribution < -0.4 is 24.4 Å². The van der Waals surface area contributed by atoms with E-state index in [0.717, 1.165) is 33.9 Å². The molecule has 5 aromatic rings. The summed E-state index contributed by atoms with van der Waals surface area (Å²) in [6.45, 7) is 13.2. The molecule has 294 valence electrons. The molecule has 14 heteroatoms. The molecule has 3 aromatic heterocycles. The molecule has 1 aliphatic heterocycles. The number of aryl methyl sites for hydroxylation is 1. The molecule has 1 fully saturated rings. The zero-order chi connectivity index (χ0) is 39.8. The molecule has 0 radical (unpaired) electrons. The van der Waals surface area contributed by atoms with Crippen molar-refractivity contribution in [2.24, 2.45) is 0 Å². The lowest BCUT2D eigenvalue weighted by Crippen LogP contribution is -2.54. The largest absolute Gasteiger partial charge is 0.497 e. The topological polar surface area (TPSA) is 140 Å². The number of carbonyl (C=O) groups is 1. The summed E-state index contributed by atoms with van der Waals surface area (Å²) in [5, 5.41) is 3.43. The van der Waals surface area contributed by atoms with E-state index in [4.69, 9.17) is 38.9 Å². The van der Waals surface area contributed by atoms with E-state index >= 15 is 0 Å². The first-order chi connectivity index (χ1) is 26.9. The van der Waals surface area contributed by atoms with Gasteiger partial charge in [0.1, 0.15) is 28.7 Å². The van der Waals surface area contributed by atoms with Gasteiger partial charge in [-0.2, -0.15) is 9.97 Å². The van der Waals surface area contributed by atoms with E-state index in [1.54, 1.807) is 38.5 Å². The van der Waals surface area contributed by atoms with Gasteiger partial charge in [0.25, 0.3) is 0 Å². The SMILES string of the molecule is COc1ccc(CN(Cc2ccc(OC)cc2)c2nc(C)nc(-c3cc(CN4CCN(C(=O)OC(C)(C)C)C[C@H]4C)cnc3Nc3ccc(OC)nc3)n2)cc1. The molecule has 0 aliphatic carbocycles. The number of amides is 1. The first-order valence-corrected chi connectivity index (χ1v) is 18.6. The summed E-state index contributed by atoms with van der Waals surface area (Å²) in [6.07, 6.45) is 3.27. The van der Waals surface area contributed by atoms with Crippen molar-refractivity contribution < 1.29 is 23.7 Å². The molecule has 0 spiro atoms. The second kappa shape index (κ2) is 17.6. The Morgan fingerprint density at radius 1 is 0.821 bits per heavy atom. The van der Waals surface area contributed by atoms with Gasteiger partial charge in [0, 0.05) is 57.6 Å². The normalized spacial score (nSPS) is 14.6. The van der Waals surface area contributed by atoms with Crippen molar-refractivity contribution in [2.45, 2.75) is 65.9 Å². The summed E-state index contributed by atoms with van der Waals surface area (Å²) >= 11 is 0. The number of ether oxygens (including phenoxy) is 4. The average molecular weight is 762 g/mol. The number of aromatic nitrogens is 5. The average Bonchev–Trinajstić information content (AvgIpc) is 3.19. The zero-order valence-corrected chi connectivity index (χ0v) is 33.4. The van der Waals surface area contributed by atoms with Gasteiger partial charge >= 0.3 is 6.09 Å². The van der Waals surface area contributed by atoms with E-state index in [-0.39, 0.29) is 12.1 Å². The maximum Gasteiger partial charge on any atom is 0.410 e. The number of nitrogens with zero attached hydrogens (tertiary/aromatic N) is 8. The van der Waals surface area contributed by atoms with Crippen LogP contribution in [0.5, 0.6) is 17.4 Å². The maximum atomic E-state index is 12.8. The lowest BCUT2D eigenvalue weighted by molar-refractivity contribution is 0.00459. The molecule has 0 unspecified atom stereocenters. The van der Waals surface area contributed by atoms with Gasteiger partial charge in [0.05, 0.1) is 38.8 Å². The molecule has 1 N–H and O–H groups in total. The standard InChI is InChI=1S/C42H51N9O5/c1-28-24-50(41(52)56-42(3,4)5)20-19-49(28)27-32-21-36(38(44-22-32)47-33-13-18-37(55-8)43-23-33)39-45-29(2)46-40(48-39)51(25-30-9-14-34(53-6)15-10-30)26-31-11-16-35(54-7)17-12-31/h9-18,21-23,28H,19-20,24-27H2,1-8H3,(H,44,47)/t28-/m1/s1. The Kier molecular flexibility index (Phi) is 12.5. The van der Waals surface area contributed by atoms with Crippen molar-refractivity contribution in [3.63, 3.8) is 0 Å². The van der Waals surface area contributed by atoms with Crippen LogP contribution in [0.25, 0.3) is 11.4 Å². The predicted molar refractivity (Wildman–Crippen MR) is 215 cm³/mol. The van der Waals surface area contributed by atoms with Crippen LogP contribution in [0.3, 0.4) is 0 Å². The number of pyridine rings is 2. The van der Waals surface area contributed by atoms with E-state index < -0.39 is 5.60 Å². The van der Waals surface area contributed by atoms with Crippen LogP contribution in [0.2, 0.25) is 0 Å². The minimum Gasteiger partial charge on any atom is -0.497 e. The van der Waals surface area contributed by atoms with Gasteiger partial charge in [-0.1, -0.05) is 24.3 Å². The maximum absolute atomic E-state index is 12.8. The molecule has 56 heavy (non-hydrogen) atoms. The Labute approximate surface area is 328 Å². The van der Waals surface area contributed by atoms with E-state index in [9.17, 15) is 4.79 Å². The number of nitrogens with one attached hydrogen (secondary N) is 1. The van der Waals surface area contributed by atoms with Gasteiger partial charge in [-0.05, 0) is 87.7 Å². The Morgan fingerprint density at radius 2 is 1.48 bits per heavy atom. The fourth-order valence-corrected chi connectivity index (χ4v) is 6.36. The second-order valence-electron chi connectivity index (χ2n) is 14.8. The van der Waals surface area contributed by atoms with Crippen molar-refractivity contribution in [2.75, 3.05) is 51.2 Å².